The molecule has 0 aliphatic carbocycles. The third-order valence-corrected chi connectivity index (χ3v) is 1.46. The Bertz CT molecular complexity index is 76.6. The van der Waals surface area contributed by atoms with Gasteiger partial charge in [-0.05, 0) is 32.2 Å². The molecule has 1 atom stereocenters. The highest BCUT2D eigenvalue weighted by molar-refractivity contribution is 4.77. The smallest absolute Gasteiger partial charge is 0.00514 e. The molecule has 0 bridgehead atoms. The Balaban J connectivity index is 3.06. The van der Waals surface area contributed by atoms with Gasteiger partial charge in [-0.25, -0.2) is 0 Å². The molecule has 0 unspecified atom stereocenters. The van der Waals surface area contributed by atoms with Crippen molar-refractivity contribution in [3.05, 3.63) is 12.2 Å². The lowest BCUT2D eigenvalue weighted by atomic mass is 10.1. The highest BCUT2D eigenvalue weighted by atomic mass is 14.5. The van der Waals surface area contributed by atoms with Crippen LogP contribution in [-0.4, -0.2) is 6.54 Å². The summed E-state index contributed by atoms with van der Waals surface area (Å²) in [6, 6.07) is 0. The van der Waals surface area contributed by atoms with Crippen molar-refractivity contribution >= 4 is 0 Å². The number of nitrogens with two attached hydrogens (primary N) is 1. The predicted molar refractivity (Wildman–Crippen MR) is 42.3 cm³/mol. The van der Waals surface area contributed by atoms with Crippen LogP contribution in [0.4, 0.5) is 0 Å². The molecule has 0 rings (SSSR count). The number of hydrogen-bond acceptors (Lipinski definition) is 1. The van der Waals surface area contributed by atoms with E-state index in [0.717, 1.165) is 6.54 Å². The SMILES string of the molecule is C/C=C\CC[C@H](C)CN. The Hall–Kier alpha value is -0.300. The normalized spacial score (nSPS) is 14.6. The van der Waals surface area contributed by atoms with Crippen molar-refractivity contribution in [2.45, 2.75) is 26.7 Å². The molecule has 0 amide bonds. The van der Waals surface area contributed by atoms with Crippen molar-refractivity contribution in [2.24, 2.45) is 11.7 Å². The van der Waals surface area contributed by atoms with E-state index >= 15 is 0 Å². The van der Waals surface area contributed by atoms with Gasteiger partial charge in [0.1, 0.15) is 0 Å². The Labute approximate surface area is 57.9 Å². The van der Waals surface area contributed by atoms with Gasteiger partial charge in [-0.1, -0.05) is 19.1 Å². The number of hydrogen-bond donors (Lipinski definition) is 1. The number of allylic oxidation sites excluding steroid dienone is 2. The van der Waals surface area contributed by atoms with Gasteiger partial charge in [0.2, 0.25) is 0 Å². The van der Waals surface area contributed by atoms with E-state index in [1.54, 1.807) is 0 Å². The van der Waals surface area contributed by atoms with E-state index < -0.39 is 0 Å². The Morgan fingerprint density at radius 3 is 2.67 bits per heavy atom. The average Bonchev–Trinajstić information content (AvgIpc) is 1.89. The van der Waals surface area contributed by atoms with E-state index in [2.05, 4.69) is 19.1 Å². The van der Waals surface area contributed by atoms with Crippen molar-refractivity contribution < 1.29 is 0 Å². The molecule has 0 spiro atoms. The van der Waals surface area contributed by atoms with Crippen LogP contribution in [0.2, 0.25) is 0 Å². The highest BCUT2D eigenvalue weighted by Crippen LogP contribution is 2.02. The molecule has 2 N–H and O–H groups in total. The summed E-state index contributed by atoms with van der Waals surface area (Å²) in [6.07, 6.45) is 6.67. The maximum absolute atomic E-state index is 5.43. The van der Waals surface area contributed by atoms with E-state index in [9.17, 15) is 0 Å². The van der Waals surface area contributed by atoms with Gasteiger partial charge in [0, 0.05) is 0 Å². The fourth-order valence-electron chi connectivity index (χ4n) is 0.665. The molecule has 0 aromatic carbocycles. The summed E-state index contributed by atoms with van der Waals surface area (Å²) in [5, 5.41) is 0. The molecule has 0 aliphatic heterocycles. The third kappa shape index (κ3) is 5.57. The monoisotopic (exact) mass is 127 g/mol. The first-order chi connectivity index (χ1) is 4.31. The van der Waals surface area contributed by atoms with E-state index in [-0.39, 0.29) is 0 Å². The summed E-state index contributed by atoms with van der Waals surface area (Å²) < 4.78 is 0. The zero-order chi connectivity index (χ0) is 7.11. The fourth-order valence-corrected chi connectivity index (χ4v) is 0.665. The molecular weight excluding hydrogens is 110 g/mol. The fraction of sp³-hybridized carbons (Fsp3) is 0.750. The van der Waals surface area contributed by atoms with Crippen LogP contribution < -0.4 is 5.73 Å². The first-order valence-electron chi connectivity index (χ1n) is 3.62. The summed E-state index contributed by atoms with van der Waals surface area (Å²) in [5.41, 5.74) is 5.43. The van der Waals surface area contributed by atoms with Gasteiger partial charge >= 0.3 is 0 Å². The largest absolute Gasteiger partial charge is 0.330 e. The Morgan fingerprint density at radius 1 is 1.56 bits per heavy atom. The van der Waals surface area contributed by atoms with E-state index in [0.29, 0.717) is 5.92 Å². The minimum atomic E-state index is 0.682. The van der Waals surface area contributed by atoms with Crippen molar-refractivity contribution in [2.75, 3.05) is 6.54 Å². The van der Waals surface area contributed by atoms with Crippen LogP contribution in [-0.2, 0) is 0 Å². The zero-order valence-corrected chi connectivity index (χ0v) is 6.43. The molecule has 0 aliphatic rings. The van der Waals surface area contributed by atoms with Gasteiger partial charge in [0.25, 0.3) is 0 Å². The molecule has 0 aromatic heterocycles. The molecule has 9 heavy (non-hydrogen) atoms. The summed E-state index contributed by atoms with van der Waals surface area (Å²) in [4.78, 5) is 0. The van der Waals surface area contributed by atoms with E-state index in [4.69, 9.17) is 5.73 Å². The van der Waals surface area contributed by atoms with Gasteiger partial charge in [0.05, 0.1) is 0 Å². The second kappa shape index (κ2) is 5.83. The van der Waals surface area contributed by atoms with Gasteiger partial charge in [-0.3, -0.25) is 0 Å². The standard InChI is InChI=1S/C8H17N/c1-3-4-5-6-8(2)7-9/h3-4,8H,5-7,9H2,1-2H3/b4-3-/t8-/m0/s1. The molecule has 1 heteroatoms. The van der Waals surface area contributed by atoms with Crippen molar-refractivity contribution in [1.29, 1.82) is 0 Å². The summed E-state index contributed by atoms with van der Waals surface area (Å²) in [6.45, 7) is 5.05. The molecule has 0 saturated carbocycles. The molecule has 54 valence electrons. The summed E-state index contributed by atoms with van der Waals surface area (Å²) in [5.74, 6) is 0.682. The third-order valence-electron chi connectivity index (χ3n) is 1.46. The lowest BCUT2D eigenvalue weighted by Crippen LogP contribution is -2.09. The summed E-state index contributed by atoms with van der Waals surface area (Å²) >= 11 is 0. The van der Waals surface area contributed by atoms with Crippen molar-refractivity contribution in [3.63, 3.8) is 0 Å². The Kier molecular flexibility index (Phi) is 5.64. The first kappa shape index (κ1) is 8.70. The summed E-state index contributed by atoms with van der Waals surface area (Å²) in [7, 11) is 0. The van der Waals surface area contributed by atoms with Crippen LogP contribution in [0.25, 0.3) is 0 Å². The second-order valence-corrected chi connectivity index (χ2v) is 2.49. The van der Waals surface area contributed by atoms with Crippen LogP contribution in [0.3, 0.4) is 0 Å². The molecular formula is C8H17N. The topological polar surface area (TPSA) is 26.0 Å². The van der Waals surface area contributed by atoms with Crippen LogP contribution in [0.5, 0.6) is 0 Å². The minimum absolute atomic E-state index is 0.682. The average molecular weight is 127 g/mol. The number of rotatable bonds is 4. The van der Waals surface area contributed by atoms with Gasteiger partial charge in [-0.2, -0.15) is 0 Å². The van der Waals surface area contributed by atoms with Crippen LogP contribution in [0.15, 0.2) is 12.2 Å². The molecule has 1 nitrogen and oxygen atoms in total. The van der Waals surface area contributed by atoms with Gasteiger partial charge in [-0.15, -0.1) is 0 Å². The first-order valence-corrected chi connectivity index (χ1v) is 3.62. The van der Waals surface area contributed by atoms with E-state index in [1.165, 1.54) is 12.8 Å². The maximum atomic E-state index is 5.43. The van der Waals surface area contributed by atoms with Crippen LogP contribution >= 0.6 is 0 Å². The second-order valence-electron chi connectivity index (χ2n) is 2.49. The predicted octanol–water partition coefficient (Wildman–Crippen LogP) is 1.94. The molecule has 0 radical (unpaired) electrons. The Morgan fingerprint density at radius 2 is 2.22 bits per heavy atom. The lowest BCUT2D eigenvalue weighted by molar-refractivity contribution is 0.550. The van der Waals surface area contributed by atoms with Crippen LogP contribution in [0, 0.1) is 5.92 Å². The van der Waals surface area contributed by atoms with E-state index in [1.807, 2.05) is 6.92 Å². The molecule has 0 aromatic rings. The minimum Gasteiger partial charge on any atom is -0.330 e. The molecule has 0 fully saturated rings. The van der Waals surface area contributed by atoms with Gasteiger partial charge < -0.3 is 5.73 Å². The van der Waals surface area contributed by atoms with Crippen molar-refractivity contribution in [1.82, 2.24) is 0 Å². The highest BCUT2D eigenvalue weighted by Gasteiger charge is 1.94. The molecule has 0 heterocycles. The lowest BCUT2D eigenvalue weighted by Gasteiger charge is -2.03. The molecule has 0 saturated heterocycles. The van der Waals surface area contributed by atoms with Crippen LogP contribution in [0.1, 0.15) is 26.7 Å². The zero-order valence-electron chi connectivity index (χ0n) is 6.43. The maximum Gasteiger partial charge on any atom is -0.00514 e. The van der Waals surface area contributed by atoms with Gasteiger partial charge in [0.15, 0.2) is 0 Å². The quantitative estimate of drug-likeness (QED) is 0.574. The van der Waals surface area contributed by atoms with Crippen molar-refractivity contribution in [3.8, 4) is 0 Å².